The summed E-state index contributed by atoms with van der Waals surface area (Å²) < 4.78 is 16.6. The molecule has 1 aromatic rings. The minimum Gasteiger partial charge on any atom is -0.469 e. The van der Waals surface area contributed by atoms with E-state index in [0.29, 0.717) is 26.2 Å². The van der Waals surface area contributed by atoms with Gasteiger partial charge < -0.3 is 18.5 Å². The highest BCUT2D eigenvalue weighted by Crippen LogP contribution is 2.19. The van der Waals surface area contributed by atoms with Crippen LogP contribution in [0, 0.1) is 0 Å². The summed E-state index contributed by atoms with van der Waals surface area (Å²) in [5.74, 6) is -0.182. The van der Waals surface area contributed by atoms with Crippen LogP contribution in [0.25, 0.3) is 0 Å². The second kappa shape index (κ2) is 11.2. The number of esters is 1. The summed E-state index contributed by atoms with van der Waals surface area (Å²) >= 11 is 0. The molecule has 1 rings (SSSR count). The number of para-hydroxylation sites is 1. The fourth-order valence-electron chi connectivity index (χ4n) is 2.72. The van der Waals surface area contributed by atoms with E-state index in [2.05, 4.69) is 23.6 Å². The van der Waals surface area contributed by atoms with Gasteiger partial charge in [0.15, 0.2) is 0 Å². The molecule has 0 radical (unpaired) electrons. The summed E-state index contributed by atoms with van der Waals surface area (Å²) in [6.45, 7) is 9.04. The van der Waals surface area contributed by atoms with Crippen molar-refractivity contribution >= 4 is 20.2 Å². The molecule has 0 N–H and O–H groups in total. The highest BCUT2D eigenvalue weighted by atomic mass is 28.4. The standard InChI is InChI=1S/C18H31NO4Si/c1-5-22-24(4,23-6-2)16-10-14-19(15-13-18(20)21-3)17-11-8-7-9-12-17/h7-9,11-12H,5-6,10,13-16H2,1-4H3. The van der Waals surface area contributed by atoms with Crippen LogP contribution in [-0.4, -0.2) is 47.9 Å². The first-order valence-corrected chi connectivity index (χ1v) is 11.2. The fraction of sp³-hybridized carbons (Fsp3) is 0.611. The van der Waals surface area contributed by atoms with Crippen LogP contribution in [0.2, 0.25) is 12.6 Å². The first kappa shape index (κ1) is 20.7. The van der Waals surface area contributed by atoms with Gasteiger partial charge in [-0.25, -0.2) is 0 Å². The van der Waals surface area contributed by atoms with Crippen LogP contribution in [0.3, 0.4) is 0 Å². The van der Waals surface area contributed by atoms with E-state index in [1.54, 1.807) is 0 Å². The lowest BCUT2D eigenvalue weighted by Crippen LogP contribution is -2.39. The molecular weight excluding hydrogens is 322 g/mol. The molecule has 6 heteroatoms. The fourth-order valence-corrected chi connectivity index (χ4v) is 5.12. The van der Waals surface area contributed by atoms with E-state index >= 15 is 0 Å². The Kier molecular flexibility index (Phi) is 9.67. The third-order valence-electron chi connectivity index (χ3n) is 3.89. The van der Waals surface area contributed by atoms with Crippen molar-refractivity contribution in [3.8, 4) is 0 Å². The van der Waals surface area contributed by atoms with Gasteiger partial charge in [0.2, 0.25) is 0 Å². The normalized spacial score (nSPS) is 11.3. The number of nitrogens with zero attached hydrogens (tertiary/aromatic N) is 1. The predicted octanol–water partition coefficient (Wildman–Crippen LogP) is 3.59. The zero-order valence-electron chi connectivity index (χ0n) is 15.4. The second-order valence-corrected chi connectivity index (χ2v) is 9.10. The molecule has 136 valence electrons. The van der Waals surface area contributed by atoms with E-state index in [0.717, 1.165) is 24.7 Å². The van der Waals surface area contributed by atoms with E-state index in [9.17, 15) is 4.79 Å². The number of hydrogen-bond donors (Lipinski definition) is 0. The molecule has 0 atom stereocenters. The molecule has 0 amide bonds. The highest BCUT2D eigenvalue weighted by Gasteiger charge is 2.30. The first-order valence-electron chi connectivity index (χ1n) is 8.69. The number of methoxy groups -OCH3 is 1. The number of rotatable bonds is 12. The van der Waals surface area contributed by atoms with E-state index in [4.69, 9.17) is 13.6 Å². The number of ether oxygens (including phenoxy) is 1. The topological polar surface area (TPSA) is 48.0 Å². The van der Waals surface area contributed by atoms with Crippen molar-refractivity contribution in [2.45, 2.75) is 39.3 Å². The largest absolute Gasteiger partial charge is 0.469 e. The Morgan fingerprint density at radius 1 is 1.08 bits per heavy atom. The highest BCUT2D eigenvalue weighted by molar-refractivity contribution is 6.66. The number of carbonyl (C=O) groups is 1. The van der Waals surface area contributed by atoms with Crippen LogP contribution in [0.5, 0.6) is 0 Å². The van der Waals surface area contributed by atoms with Crippen LogP contribution >= 0.6 is 0 Å². The van der Waals surface area contributed by atoms with E-state index in [1.807, 2.05) is 32.0 Å². The molecule has 0 saturated heterocycles. The number of hydrogen-bond acceptors (Lipinski definition) is 5. The van der Waals surface area contributed by atoms with E-state index in [-0.39, 0.29) is 5.97 Å². The van der Waals surface area contributed by atoms with Crippen molar-refractivity contribution in [3.05, 3.63) is 30.3 Å². The molecule has 5 nitrogen and oxygen atoms in total. The number of benzene rings is 1. The molecule has 1 aromatic carbocycles. The quantitative estimate of drug-likeness (QED) is 0.424. The van der Waals surface area contributed by atoms with E-state index < -0.39 is 8.56 Å². The van der Waals surface area contributed by atoms with Crippen LogP contribution in [0.4, 0.5) is 5.69 Å². The number of carbonyl (C=O) groups excluding carboxylic acids is 1. The lowest BCUT2D eigenvalue weighted by Gasteiger charge is -2.29. The van der Waals surface area contributed by atoms with Gasteiger partial charge in [0.1, 0.15) is 0 Å². The van der Waals surface area contributed by atoms with Gasteiger partial charge in [-0.1, -0.05) is 18.2 Å². The van der Waals surface area contributed by atoms with Crippen molar-refractivity contribution in [2.75, 3.05) is 38.3 Å². The van der Waals surface area contributed by atoms with Crippen molar-refractivity contribution < 1.29 is 18.4 Å². The second-order valence-electron chi connectivity index (χ2n) is 5.75. The predicted molar refractivity (Wildman–Crippen MR) is 99.6 cm³/mol. The van der Waals surface area contributed by atoms with E-state index in [1.165, 1.54) is 7.11 Å². The molecule has 0 aliphatic rings. The van der Waals surface area contributed by atoms with Crippen LogP contribution in [0.1, 0.15) is 26.7 Å². The molecule has 0 spiro atoms. The Morgan fingerprint density at radius 2 is 1.71 bits per heavy atom. The van der Waals surface area contributed by atoms with Gasteiger partial charge in [-0.05, 0) is 45.0 Å². The summed E-state index contributed by atoms with van der Waals surface area (Å²) in [4.78, 5) is 13.7. The van der Waals surface area contributed by atoms with Gasteiger partial charge in [0.05, 0.1) is 13.5 Å². The Balaban J connectivity index is 2.62. The Labute approximate surface area is 147 Å². The molecule has 0 aliphatic heterocycles. The van der Waals surface area contributed by atoms with Crippen molar-refractivity contribution in [1.29, 1.82) is 0 Å². The smallest absolute Gasteiger partial charge is 0.334 e. The minimum atomic E-state index is -2.09. The van der Waals surface area contributed by atoms with Gasteiger partial charge in [-0.3, -0.25) is 4.79 Å². The van der Waals surface area contributed by atoms with Crippen molar-refractivity contribution in [2.24, 2.45) is 0 Å². The monoisotopic (exact) mass is 353 g/mol. The summed E-state index contributed by atoms with van der Waals surface area (Å²) in [6, 6.07) is 11.1. The maximum absolute atomic E-state index is 11.5. The first-order chi connectivity index (χ1) is 11.5. The average molecular weight is 354 g/mol. The Morgan fingerprint density at radius 3 is 2.25 bits per heavy atom. The molecule has 0 bridgehead atoms. The zero-order valence-corrected chi connectivity index (χ0v) is 16.4. The van der Waals surface area contributed by atoms with Gasteiger partial charge in [-0.2, -0.15) is 0 Å². The van der Waals surface area contributed by atoms with Crippen molar-refractivity contribution in [1.82, 2.24) is 0 Å². The lowest BCUT2D eigenvalue weighted by atomic mass is 10.2. The average Bonchev–Trinajstić information content (AvgIpc) is 2.58. The maximum atomic E-state index is 11.5. The van der Waals surface area contributed by atoms with Gasteiger partial charge in [-0.15, -0.1) is 0 Å². The SMILES string of the molecule is CCO[Si](C)(CCCN(CCC(=O)OC)c1ccccc1)OCC. The molecule has 0 saturated carbocycles. The van der Waals surface area contributed by atoms with Crippen LogP contribution in [-0.2, 0) is 18.4 Å². The molecule has 0 unspecified atom stereocenters. The van der Waals surface area contributed by atoms with Gasteiger partial charge in [0.25, 0.3) is 0 Å². The summed E-state index contributed by atoms with van der Waals surface area (Å²) in [5, 5.41) is 0. The lowest BCUT2D eigenvalue weighted by molar-refractivity contribution is -0.140. The zero-order chi connectivity index (χ0) is 17.8. The third-order valence-corrected chi connectivity index (χ3v) is 6.95. The van der Waals surface area contributed by atoms with Crippen molar-refractivity contribution in [3.63, 3.8) is 0 Å². The summed E-state index contributed by atoms with van der Waals surface area (Å²) in [6.07, 6.45) is 1.36. The Bertz CT molecular complexity index is 463. The minimum absolute atomic E-state index is 0.182. The van der Waals surface area contributed by atoms with Gasteiger partial charge >= 0.3 is 14.5 Å². The summed E-state index contributed by atoms with van der Waals surface area (Å²) in [5.41, 5.74) is 1.12. The molecular formula is C18H31NO4Si. The molecule has 0 heterocycles. The van der Waals surface area contributed by atoms with Crippen LogP contribution < -0.4 is 4.90 Å². The van der Waals surface area contributed by atoms with Gasteiger partial charge in [0, 0.05) is 32.0 Å². The maximum Gasteiger partial charge on any atom is 0.334 e. The molecule has 0 aromatic heterocycles. The number of anilines is 1. The Hall–Kier alpha value is -1.37. The van der Waals surface area contributed by atoms with Crippen LogP contribution in [0.15, 0.2) is 30.3 Å². The summed E-state index contributed by atoms with van der Waals surface area (Å²) in [7, 11) is -0.660. The molecule has 24 heavy (non-hydrogen) atoms. The molecule has 0 aliphatic carbocycles. The third kappa shape index (κ3) is 7.46. The molecule has 0 fully saturated rings.